The van der Waals surface area contributed by atoms with Crippen molar-refractivity contribution in [3.8, 4) is 32.8 Å². The number of aromatic nitrogens is 1. The van der Waals surface area contributed by atoms with E-state index in [1.54, 1.807) is 11.3 Å². The molecule has 176 valence electrons. The summed E-state index contributed by atoms with van der Waals surface area (Å²) in [5, 5.41) is 13.5. The monoisotopic (exact) mass is 475 g/mol. The highest BCUT2D eigenvalue weighted by atomic mass is 32.1. The minimum Gasteiger partial charge on any atom is -0.490 e. The molecule has 3 aromatic rings. The summed E-state index contributed by atoms with van der Waals surface area (Å²) < 4.78 is 11.2. The predicted molar refractivity (Wildman–Crippen MR) is 134 cm³/mol. The Balaban J connectivity index is 1.58. The normalized spacial score (nSPS) is 15.0. The van der Waals surface area contributed by atoms with Crippen molar-refractivity contribution < 1.29 is 14.3 Å². The third-order valence-corrected chi connectivity index (χ3v) is 6.52. The maximum atomic E-state index is 12.3. The van der Waals surface area contributed by atoms with E-state index in [0.29, 0.717) is 11.3 Å². The number of hydrogen-bond acceptors (Lipinski definition) is 6. The minimum atomic E-state index is -0.533. The Labute approximate surface area is 204 Å². The van der Waals surface area contributed by atoms with E-state index in [0.717, 1.165) is 39.4 Å². The molecule has 0 spiro atoms. The zero-order chi connectivity index (χ0) is 24.5. The molecule has 1 N–H and O–H groups in total. The topological polar surface area (TPSA) is 84.2 Å². The average molecular weight is 476 g/mol. The molecule has 1 aliphatic rings. The van der Waals surface area contributed by atoms with E-state index in [4.69, 9.17) is 14.5 Å². The van der Waals surface area contributed by atoms with Crippen LogP contribution in [0.2, 0.25) is 0 Å². The van der Waals surface area contributed by atoms with Crippen LogP contribution >= 0.6 is 11.3 Å². The number of ether oxygens (including phenoxy) is 2. The van der Waals surface area contributed by atoms with E-state index in [-0.39, 0.29) is 12.1 Å². The maximum Gasteiger partial charge on any atom is 0.408 e. The van der Waals surface area contributed by atoms with Crippen LogP contribution < -0.4 is 10.1 Å². The molecule has 1 aromatic heterocycles. The summed E-state index contributed by atoms with van der Waals surface area (Å²) in [7, 11) is 0. The molecule has 4 rings (SSSR count). The number of alkyl carbamates (subject to hydrolysis) is 1. The lowest BCUT2D eigenvalue weighted by Crippen LogP contribution is -2.34. The number of carbonyl (C=O) groups is 1. The number of benzene rings is 2. The molecule has 0 fully saturated rings. The van der Waals surface area contributed by atoms with E-state index in [9.17, 15) is 10.1 Å². The molecule has 0 radical (unpaired) electrons. The highest BCUT2D eigenvalue weighted by molar-refractivity contribution is 7.18. The molecule has 1 aliphatic carbocycles. The highest BCUT2D eigenvalue weighted by Crippen LogP contribution is 2.41. The predicted octanol–water partition coefficient (Wildman–Crippen LogP) is 6.65. The van der Waals surface area contributed by atoms with Crippen molar-refractivity contribution >= 4 is 17.4 Å². The van der Waals surface area contributed by atoms with Crippen LogP contribution in [0.15, 0.2) is 42.6 Å². The van der Waals surface area contributed by atoms with Crippen molar-refractivity contribution in [3.63, 3.8) is 0 Å². The lowest BCUT2D eigenvalue weighted by Gasteiger charge is -2.22. The Morgan fingerprint density at radius 3 is 2.76 bits per heavy atom. The summed E-state index contributed by atoms with van der Waals surface area (Å²) in [5.74, 6) is 0.593. The third-order valence-electron chi connectivity index (χ3n) is 5.44. The molecule has 1 heterocycles. The molecule has 0 aliphatic heterocycles. The molecule has 1 amide bonds. The molecular weight excluding hydrogens is 446 g/mol. The quantitative estimate of drug-likeness (QED) is 0.447. The minimum absolute atomic E-state index is 0.00164. The van der Waals surface area contributed by atoms with Crippen LogP contribution in [0.5, 0.6) is 5.75 Å². The van der Waals surface area contributed by atoms with Gasteiger partial charge in [-0.25, -0.2) is 9.78 Å². The van der Waals surface area contributed by atoms with E-state index in [1.807, 2.05) is 65.1 Å². The summed E-state index contributed by atoms with van der Waals surface area (Å²) in [6, 6.07) is 14.0. The smallest absolute Gasteiger partial charge is 0.408 e. The average Bonchev–Trinajstić information content (AvgIpc) is 3.40. The molecule has 0 bridgehead atoms. The van der Waals surface area contributed by atoms with Crippen LogP contribution in [-0.4, -0.2) is 22.8 Å². The number of rotatable bonds is 5. The number of nitrogens with one attached hydrogen (secondary N) is 1. The van der Waals surface area contributed by atoms with Gasteiger partial charge in [-0.2, -0.15) is 5.26 Å². The molecule has 0 saturated heterocycles. The van der Waals surface area contributed by atoms with Gasteiger partial charge < -0.3 is 14.8 Å². The molecule has 2 aromatic carbocycles. The number of hydrogen-bond donors (Lipinski definition) is 1. The Kier molecular flexibility index (Phi) is 6.63. The summed E-state index contributed by atoms with van der Waals surface area (Å²) in [6.45, 7) is 9.46. The van der Waals surface area contributed by atoms with Crippen molar-refractivity contribution in [3.05, 3.63) is 59.3 Å². The van der Waals surface area contributed by atoms with Gasteiger partial charge in [0.1, 0.15) is 22.4 Å². The van der Waals surface area contributed by atoms with Crippen molar-refractivity contribution in [2.24, 2.45) is 0 Å². The SMILES string of the molecule is CC(C)Oc1ccc(-c2cnc(-c3cccc4c3CC[C@@H]4NC(=O)OC(C)(C)C)s2)cc1C#N. The standard InChI is InChI=1S/C27H29N3O3S/c1-16(2)32-23-12-9-17(13-18(23)14-28)24-15-29-25(34-24)21-8-6-7-20-19(21)10-11-22(20)30-26(31)33-27(3,4)5/h6-9,12-13,15-16,22H,10-11H2,1-5H3,(H,30,31)/t22-/m0/s1. The second kappa shape index (κ2) is 9.47. The second-order valence-corrected chi connectivity index (χ2v) is 10.7. The van der Waals surface area contributed by atoms with Gasteiger partial charge in [0, 0.05) is 11.8 Å². The largest absolute Gasteiger partial charge is 0.490 e. The number of carbonyl (C=O) groups excluding carboxylic acids is 1. The van der Waals surface area contributed by atoms with Crippen LogP contribution in [0.1, 0.15) is 63.8 Å². The lowest BCUT2D eigenvalue weighted by atomic mass is 10.0. The summed E-state index contributed by atoms with van der Waals surface area (Å²) in [4.78, 5) is 18.0. The number of thiazole rings is 1. The van der Waals surface area contributed by atoms with Gasteiger partial charge in [-0.1, -0.05) is 18.2 Å². The fraction of sp³-hybridized carbons (Fsp3) is 0.370. The van der Waals surface area contributed by atoms with E-state index in [2.05, 4.69) is 23.5 Å². The van der Waals surface area contributed by atoms with Crippen molar-refractivity contribution in [1.29, 1.82) is 5.26 Å². The van der Waals surface area contributed by atoms with Crippen LogP contribution in [0.4, 0.5) is 4.79 Å². The molecule has 0 unspecified atom stereocenters. The molecule has 0 saturated carbocycles. The van der Waals surface area contributed by atoms with Gasteiger partial charge in [-0.05, 0) is 82.3 Å². The maximum absolute atomic E-state index is 12.3. The van der Waals surface area contributed by atoms with Gasteiger partial charge in [-0.3, -0.25) is 0 Å². The van der Waals surface area contributed by atoms with E-state index >= 15 is 0 Å². The van der Waals surface area contributed by atoms with Gasteiger partial charge in [0.2, 0.25) is 0 Å². The van der Waals surface area contributed by atoms with Crippen LogP contribution in [0, 0.1) is 11.3 Å². The molecule has 6 nitrogen and oxygen atoms in total. The fourth-order valence-electron chi connectivity index (χ4n) is 4.11. The number of nitrogens with zero attached hydrogens (tertiary/aromatic N) is 2. The van der Waals surface area contributed by atoms with Crippen LogP contribution in [0.25, 0.3) is 21.0 Å². The Morgan fingerprint density at radius 2 is 2.06 bits per heavy atom. The van der Waals surface area contributed by atoms with Crippen molar-refractivity contribution in [1.82, 2.24) is 10.3 Å². The van der Waals surface area contributed by atoms with E-state index < -0.39 is 11.7 Å². The summed E-state index contributed by atoms with van der Waals surface area (Å²) in [5.41, 5.74) is 4.33. The summed E-state index contributed by atoms with van der Waals surface area (Å²) in [6.07, 6.45) is 3.14. The van der Waals surface area contributed by atoms with Gasteiger partial charge >= 0.3 is 6.09 Å². The van der Waals surface area contributed by atoms with Crippen molar-refractivity contribution in [2.45, 2.75) is 65.2 Å². The highest BCUT2D eigenvalue weighted by Gasteiger charge is 2.28. The molecular formula is C27H29N3O3S. The third kappa shape index (κ3) is 5.23. The van der Waals surface area contributed by atoms with Gasteiger partial charge in [-0.15, -0.1) is 11.3 Å². The summed E-state index contributed by atoms with van der Waals surface area (Å²) >= 11 is 1.59. The molecule has 7 heteroatoms. The molecule has 34 heavy (non-hydrogen) atoms. The number of amides is 1. The van der Waals surface area contributed by atoms with Gasteiger partial charge in [0.25, 0.3) is 0 Å². The van der Waals surface area contributed by atoms with Crippen molar-refractivity contribution in [2.75, 3.05) is 0 Å². The first-order valence-electron chi connectivity index (χ1n) is 11.4. The van der Waals surface area contributed by atoms with Crippen LogP contribution in [-0.2, 0) is 11.2 Å². The van der Waals surface area contributed by atoms with Gasteiger partial charge in [0.15, 0.2) is 0 Å². The lowest BCUT2D eigenvalue weighted by molar-refractivity contribution is 0.0503. The Hall–Kier alpha value is -3.37. The van der Waals surface area contributed by atoms with Gasteiger partial charge in [0.05, 0.1) is 22.6 Å². The Morgan fingerprint density at radius 1 is 1.26 bits per heavy atom. The second-order valence-electron chi connectivity index (χ2n) is 9.63. The number of nitriles is 1. The van der Waals surface area contributed by atoms with E-state index in [1.165, 1.54) is 5.56 Å². The first-order valence-corrected chi connectivity index (χ1v) is 12.2. The fourth-order valence-corrected chi connectivity index (χ4v) is 5.08. The van der Waals surface area contributed by atoms with Crippen LogP contribution in [0.3, 0.4) is 0 Å². The zero-order valence-electron chi connectivity index (χ0n) is 20.1. The first kappa shape index (κ1) is 23.8. The zero-order valence-corrected chi connectivity index (χ0v) is 21.0. The Bertz CT molecular complexity index is 1250. The molecule has 1 atom stereocenters. The first-order chi connectivity index (χ1) is 16.1. The number of fused-ring (bicyclic) bond motifs is 1.